The molecule has 4 nitrogen and oxygen atoms in total. The second-order valence-corrected chi connectivity index (χ2v) is 4.78. The van der Waals surface area contributed by atoms with Crippen LogP contribution in [-0.2, 0) is 0 Å². The number of nitrogens with one attached hydrogen (secondary N) is 2. The summed E-state index contributed by atoms with van der Waals surface area (Å²) < 4.78 is 13.6. The van der Waals surface area contributed by atoms with Crippen LogP contribution in [0.5, 0.6) is 0 Å². The highest BCUT2D eigenvalue weighted by Crippen LogP contribution is 2.23. The molecule has 0 radical (unpaired) electrons. The van der Waals surface area contributed by atoms with Crippen LogP contribution in [-0.4, -0.2) is 16.5 Å². The average molecular weight is 266 g/mol. The van der Waals surface area contributed by atoms with Crippen LogP contribution in [0.15, 0.2) is 23.7 Å². The molecule has 0 aliphatic rings. The van der Waals surface area contributed by atoms with Gasteiger partial charge in [-0.15, -0.1) is 11.3 Å². The molecular formula is C12H15FN4S. The van der Waals surface area contributed by atoms with E-state index in [-0.39, 0.29) is 11.9 Å². The Bertz CT molecular complexity index is 501. The molecule has 0 saturated carbocycles. The van der Waals surface area contributed by atoms with Crippen molar-refractivity contribution < 1.29 is 4.39 Å². The topological polar surface area (TPSA) is 49.8 Å². The molecule has 2 aromatic rings. The van der Waals surface area contributed by atoms with Crippen molar-refractivity contribution in [1.29, 1.82) is 0 Å². The zero-order chi connectivity index (χ0) is 13.0. The van der Waals surface area contributed by atoms with E-state index in [1.165, 1.54) is 6.20 Å². The molecule has 6 heteroatoms. The smallest absolute Gasteiger partial charge is 0.224 e. The average Bonchev–Trinajstić information content (AvgIpc) is 2.87. The summed E-state index contributed by atoms with van der Waals surface area (Å²) in [6, 6.07) is 3.99. The Balaban J connectivity index is 2.15. The molecule has 2 N–H and O–H groups in total. The second kappa shape index (κ2) is 5.77. The summed E-state index contributed by atoms with van der Waals surface area (Å²) in [5.41, 5.74) is 0. The Labute approximate surface area is 109 Å². The van der Waals surface area contributed by atoms with Crippen molar-refractivity contribution >= 4 is 23.1 Å². The van der Waals surface area contributed by atoms with Crippen LogP contribution in [0.4, 0.5) is 16.2 Å². The third-order valence-corrected chi connectivity index (χ3v) is 3.46. The Morgan fingerprint density at radius 3 is 3.00 bits per heavy atom. The van der Waals surface area contributed by atoms with E-state index in [4.69, 9.17) is 0 Å². The van der Waals surface area contributed by atoms with Gasteiger partial charge in [-0.25, -0.2) is 9.37 Å². The summed E-state index contributed by atoms with van der Waals surface area (Å²) in [5.74, 6) is 0.210. The molecule has 1 unspecified atom stereocenters. The van der Waals surface area contributed by atoms with Crippen molar-refractivity contribution in [2.24, 2.45) is 0 Å². The van der Waals surface area contributed by atoms with Crippen LogP contribution < -0.4 is 10.6 Å². The number of hydrogen-bond acceptors (Lipinski definition) is 5. The summed E-state index contributed by atoms with van der Waals surface area (Å²) in [6.07, 6.45) is 1.18. The van der Waals surface area contributed by atoms with E-state index in [1.807, 2.05) is 31.4 Å². The highest BCUT2D eigenvalue weighted by Gasteiger charge is 2.11. The number of thiophene rings is 1. The molecule has 0 aliphatic carbocycles. The van der Waals surface area contributed by atoms with E-state index in [1.54, 1.807) is 11.3 Å². The molecule has 2 heterocycles. The molecule has 0 aromatic carbocycles. The van der Waals surface area contributed by atoms with Crippen molar-refractivity contribution in [3.05, 3.63) is 34.4 Å². The molecule has 0 fully saturated rings. The number of rotatable bonds is 5. The molecule has 96 valence electrons. The first-order valence-electron chi connectivity index (χ1n) is 5.77. The van der Waals surface area contributed by atoms with Gasteiger partial charge in [-0.1, -0.05) is 6.07 Å². The largest absolute Gasteiger partial charge is 0.360 e. The molecular weight excluding hydrogens is 251 g/mol. The van der Waals surface area contributed by atoms with E-state index in [0.717, 1.165) is 4.88 Å². The van der Waals surface area contributed by atoms with Crippen molar-refractivity contribution in [2.45, 2.75) is 19.9 Å². The lowest BCUT2D eigenvalue weighted by Crippen LogP contribution is -2.11. The normalized spacial score (nSPS) is 12.2. The van der Waals surface area contributed by atoms with Crippen LogP contribution in [0.1, 0.15) is 24.8 Å². The van der Waals surface area contributed by atoms with Gasteiger partial charge >= 0.3 is 0 Å². The zero-order valence-corrected chi connectivity index (χ0v) is 11.1. The fraction of sp³-hybridized carbons (Fsp3) is 0.333. The van der Waals surface area contributed by atoms with Crippen LogP contribution >= 0.6 is 11.3 Å². The van der Waals surface area contributed by atoms with Gasteiger partial charge in [-0.2, -0.15) is 4.98 Å². The van der Waals surface area contributed by atoms with Crippen molar-refractivity contribution in [3.8, 4) is 0 Å². The highest BCUT2D eigenvalue weighted by atomic mass is 32.1. The summed E-state index contributed by atoms with van der Waals surface area (Å²) in [7, 11) is 0. The van der Waals surface area contributed by atoms with Gasteiger partial charge in [0.25, 0.3) is 0 Å². The first-order chi connectivity index (χ1) is 8.70. The Kier molecular flexibility index (Phi) is 4.09. The van der Waals surface area contributed by atoms with E-state index < -0.39 is 5.82 Å². The standard InChI is InChI=1S/C12H15FN4S/c1-3-14-12-15-7-9(13)11(17-12)16-8(2)10-5-4-6-18-10/h4-8H,3H2,1-2H3,(H2,14,15,16,17). The van der Waals surface area contributed by atoms with E-state index >= 15 is 0 Å². The van der Waals surface area contributed by atoms with Gasteiger partial charge in [-0.3, -0.25) is 0 Å². The fourth-order valence-electron chi connectivity index (χ4n) is 1.53. The van der Waals surface area contributed by atoms with Crippen molar-refractivity contribution in [2.75, 3.05) is 17.2 Å². The number of hydrogen-bond donors (Lipinski definition) is 2. The third-order valence-electron chi connectivity index (χ3n) is 2.40. The molecule has 1 atom stereocenters. The lowest BCUT2D eigenvalue weighted by Gasteiger charge is -2.14. The van der Waals surface area contributed by atoms with Crippen LogP contribution in [0.2, 0.25) is 0 Å². The maximum Gasteiger partial charge on any atom is 0.224 e. The molecule has 2 aromatic heterocycles. The maximum absolute atomic E-state index is 13.6. The molecule has 0 saturated heterocycles. The molecule has 0 amide bonds. The van der Waals surface area contributed by atoms with Crippen LogP contribution in [0.3, 0.4) is 0 Å². The van der Waals surface area contributed by atoms with Crippen molar-refractivity contribution in [3.63, 3.8) is 0 Å². The fourth-order valence-corrected chi connectivity index (χ4v) is 2.26. The molecule has 0 aliphatic heterocycles. The SMILES string of the molecule is CCNc1ncc(F)c(NC(C)c2cccs2)n1. The van der Waals surface area contributed by atoms with E-state index in [0.29, 0.717) is 12.5 Å². The van der Waals surface area contributed by atoms with Crippen LogP contribution in [0.25, 0.3) is 0 Å². The number of aromatic nitrogens is 2. The van der Waals surface area contributed by atoms with Gasteiger partial charge in [0.2, 0.25) is 5.95 Å². The minimum Gasteiger partial charge on any atom is -0.360 e. The number of halogens is 1. The first kappa shape index (κ1) is 12.8. The van der Waals surface area contributed by atoms with Crippen molar-refractivity contribution in [1.82, 2.24) is 9.97 Å². The van der Waals surface area contributed by atoms with Gasteiger partial charge in [0, 0.05) is 11.4 Å². The number of anilines is 2. The van der Waals surface area contributed by atoms with Crippen LogP contribution in [0, 0.1) is 5.82 Å². The Hall–Kier alpha value is -1.69. The maximum atomic E-state index is 13.6. The first-order valence-corrected chi connectivity index (χ1v) is 6.65. The molecule has 0 bridgehead atoms. The summed E-state index contributed by atoms with van der Waals surface area (Å²) >= 11 is 1.63. The highest BCUT2D eigenvalue weighted by molar-refractivity contribution is 7.10. The van der Waals surface area contributed by atoms with Gasteiger partial charge in [0.1, 0.15) is 0 Å². The Morgan fingerprint density at radius 2 is 2.33 bits per heavy atom. The summed E-state index contributed by atoms with van der Waals surface area (Å²) in [6.45, 7) is 4.61. The minimum absolute atomic E-state index is 0.0175. The third kappa shape index (κ3) is 2.95. The monoisotopic (exact) mass is 266 g/mol. The van der Waals surface area contributed by atoms with Gasteiger partial charge in [0.05, 0.1) is 12.2 Å². The van der Waals surface area contributed by atoms with Gasteiger partial charge < -0.3 is 10.6 Å². The summed E-state index contributed by atoms with van der Waals surface area (Å²) in [5, 5.41) is 8.01. The quantitative estimate of drug-likeness (QED) is 0.872. The molecule has 2 rings (SSSR count). The zero-order valence-electron chi connectivity index (χ0n) is 10.3. The lowest BCUT2D eigenvalue weighted by molar-refractivity contribution is 0.614. The van der Waals surface area contributed by atoms with Gasteiger partial charge in [0.15, 0.2) is 11.6 Å². The Morgan fingerprint density at radius 1 is 1.50 bits per heavy atom. The predicted octanol–water partition coefficient (Wildman–Crippen LogP) is 3.28. The second-order valence-electron chi connectivity index (χ2n) is 3.80. The van der Waals surface area contributed by atoms with E-state index in [9.17, 15) is 4.39 Å². The van der Waals surface area contributed by atoms with E-state index in [2.05, 4.69) is 20.6 Å². The molecule has 18 heavy (non-hydrogen) atoms. The summed E-state index contributed by atoms with van der Waals surface area (Å²) in [4.78, 5) is 9.11. The molecule has 0 spiro atoms. The van der Waals surface area contributed by atoms with Gasteiger partial charge in [-0.05, 0) is 25.3 Å². The lowest BCUT2D eigenvalue weighted by atomic mass is 10.3. The predicted molar refractivity (Wildman–Crippen MR) is 72.5 cm³/mol. The minimum atomic E-state index is -0.444. The number of nitrogens with zero attached hydrogens (tertiary/aromatic N) is 2.